The molecular weight excluding hydrogens is 505 g/mol. The number of fused-ring (bicyclic) bond motifs is 2. The van der Waals surface area contributed by atoms with Crippen LogP contribution in [0.15, 0.2) is 30.3 Å². The molecule has 1 aliphatic carbocycles. The third-order valence-corrected chi connectivity index (χ3v) is 7.46. The number of nitrogens with zero attached hydrogens (tertiary/aromatic N) is 2. The van der Waals surface area contributed by atoms with E-state index in [0.29, 0.717) is 28.9 Å². The Morgan fingerprint density at radius 2 is 1.84 bits per heavy atom. The normalized spacial score (nSPS) is 24.1. The zero-order valence-corrected chi connectivity index (χ0v) is 20.6. The highest BCUT2D eigenvalue weighted by Crippen LogP contribution is 2.47. The molecule has 2 aromatic carbocycles. The molecule has 0 aromatic heterocycles. The molecule has 0 radical (unpaired) electrons. The molecule has 9 nitrogen and oxygen atoms in total. The Hall–Kier alpha value is -4.09. The van der Waals surface area contributed by atoms with E-state index in [0.717, 1.165) is 18.2 Å². The molecule has 3 atom stereocenters. The maximum absolute atomic E-state index is 15.2. The van der Waals surface area contributed by atoms with Gasteiger partial charge in [-0.05, 0) is 61.6 Å². The summed E-state index contributed by atoms with van der Waals surface area (Å²) in [4.78, 5) is 53.4. The third kappa shape index (κ3) is 4.04. The van der Waals surface area contributed by atoms with Crippen molar-refractivity contribution < 1.29 is 37.1 Å². The number of aryl methyl sites for hydroxylation is 1. The van der Waals surface area contributed by atoms with E-state index in [4.69, 9.17) is 4.74 Å². The topological polar surface area (TPSA) is 108 Å². The van der Waals surface area contributed by atoms with E-state index in [1.807, 2.05) is 0 Å². The first-order valence-corrected chi connectivity index (χ1v) is 12.2. The number of hydrogen-bond acceptors (Lipinski definition) is 5. The SMILES string of the molecule is CNC(=O)Nc1cc(F)c2c(c1)CCC21OC(=O)N(CC(=O)N2[C@@H](C)CC[C@H]2c2ccc(F)c(F)c2)C1=O. The highest BCUT2D eigenvalue weighted by atomic mass is 19.2. The number of imide groups is 1. The highest BCUT2D eigenvalue weighted by molar-refractivity contribution is 6.06. The molecule has 200 valence electrons. The summed E-state index contributed by atoms with van der Waals surface area (Å²) in [5.74, 6) is -4.29. The van der Waals surface area contributed by atoms with Gasteiger partial charge in [-0.2, -0.15) is 0 Å². The average molecular weight is 531 g/mol. The summed E-state index contributed by atoms with van der Waals surface area (Å²) in [6, 6.07) is 4.58. The van der Waals surface area contributed by atoms with E-state index >= 15 is 4.39 Å². The number of nitrogens with one attached hydrogen (secondary N) is 2. The number of benzene rings is 2. The highest BCUT2D eigenvalue weighted by Gasteiger charge is 2.60. The van der Waals surface area contributed by atoms with Crippen LogP contribution in [0, 0.1) is 17.5 Å². The molecular formula is C26H25F3N4O5. The largest absolute Gasteiger partial charge is 0.427 e. The van der Waals surface area contributed by atoms with E-state index in [9.17, 15) is 28.0 Å². The molecule has 2 heterocycles. The van der Waals surface area contributed by atoms with Gasteiger partial charge in [0.1, 0.15) is 12.4 Å². The first-order chi connectivity index (χ1) is 18.1. The molecule has 38 heavy (non-hydrogen) atoms. The van der Waals surface area contributed by atoms with Crippen LogP contribution in [0.25, 0.3) is 0 Å². The number of carbonyl (C=O) groups is 4. The number of hydrogen-bond donors (Lipinski definition) is 2. The van der Waals surface area contributed by atoms with Crippen molar-refractivity contribution in [1.82, 2.24) is 15.1 Å². The predicted octanol–water partition coefficient (Wildman–Crippen LogP) is 3.73. The van der Waals surface area contributed by atoms with Gasteiger partial charge >= 0.3 is 12.1 Å². The van der Waals surface area contributed by atoms with Crippen LogP contribution in [0.2, 0.25) is 0 Å². The second kappa shape index (κ2) is 9.34. The van der Waals surface area contributed by atoms with Crippen molar-refractivity contribution in [3.63, 3.8) is 0 Å². The number of halogens is 3. The monoisotopic (exact) mass is 530 g/mol. The van der Waals surface area contributed by atoms with Crippen LogP contribution in [-0.4, -0.2) is 53.4 Å². The van der Waals surface area contributed by atoms with E-state index in [-0.39, 0.29) is 30.1 Å². The Morgan fingerprint density at radius 1 is 1.08 bits per heavy atom. The smallest absolute Gasteiger partial charge is 0.418 e. The van der Waals surface area contributed by atoms with Gasteiger partial charge in [-0.25, -0.2) is 27.7 Å². The van der Waals surface area contributed by atoms with Crippen molar-refractivity contribution in [2.75, 3.05) is 18.9 Å². The Morgan fingerprint density at radius 3 is 2.55 bits per heavy atom. The Labute approximate surface area is 215 Å². The van der Waals surface area contributed by atoms with Crippen LogP contribution < -0.4 is 10.6 Å². The van der Waals surface area contributed by atoms with Gasteiger partial charge in [0, 0.05) is 30.8 Å². The van der Waals surface area contributed by atoms with Crippen LogP contribution in [0.1, 0.15) is 48.9 Å². The Bertz CT molecular complexity index is 1370. The summed E-state index contributed by atoms with van der Waals surface area (Å²) in [5, 5.41) is 4.83. The Kier molecular flexibility index (Phi) is 6.28. The first-order valence-electron chi connectivity index (χ1n) is 12.2. The third-order valence-electron chi connectivity index (χ3n) is 7.46. The van der Waals surface area contributed by atoms with E-state index in [1.165, 1.54) is 24.1 Å². The van der Waals surface area contributed by atoms with Crippen molar-refractivity contribution in [1.29, 1.82) is 0 Å². The molecule has 1 unspecified atom stereocenters. The van der Waals surface area contributed by atoms with Crippen LogP contribution in [0.4, 0.5) is 28.4 Å². The number of ether oxygens (including phenoxy) is 1. The van der Waals surface area contributed by atoms with Crippen molar-refractivity contribution in [3.8, 4) is 0 Å². The first kappa shape index (κ1) is 25.6. The van der Waals surface area contributed by atoms with Gasteiger partial charge in [-0.1, -0.05) is 6.07 Å². The number of carbonyl (C=O) groups excluding carboxylic acids is 4. The molecule has 2 fully saturated rings. The van der Waals surface area contributed by atoms with Gasteiger partial charge in [0.05, 0.1) is 6.04 Å². The number of likely N-dealkylation sites (tertiary alicyclic amines) is 1. The summed E-state index contributed by atoms with van der Waals surface area (Å²) >= 11 is 0. The number of urea groups is 1. The molecule has 2 N–H and O–H groups in total. The molecule has 5 amide bonds. The maximum atomic E-state index is 15.2. The lowest BCUT2D eigenvalue weighted by molar-refractivity contribution is -0.143. The van der Waals surface area contributed by atoms with E-state index in [2.05, 4.69) is 10.6 Å². The van der Waals surface area contributed by atoms with Crippen molar-refractivity contribution in [2.45, 2.75) is 50.3 Å². The average Bonchev–Trinajstić information content (AvgIpc) is 3.51. The van der Waals surface area contributed by atoms with Gasteiger partial charge in [-0.15, -0.1) is 0 Å². The molecule has 12 heteroatoms. The summed E-state index contributed by atoms with van der Waals surface area (Å²) in [5.41, 5.74) is -1.02. The van der Waals surface area contributed by atoms with Crippen molar-refractivity contribution in [2.24, 2.45) is 0 Å². The minimum atomic E-state index is -1.90. The zero-order valence-electron chi connectivity index (χ0n) is 20.6. The lowest BCUT2D eigenvalue weighted by Crippen LogP contribution is -2.46. The van der Waals surface area contributed by atoms with Crippen LogP contribution in [-0.2, 0) is 26.3 Å². The second-order valence-electron chi connectivity index (χ2n) is 9.70. The number of anilines is 1. The maximum Gasteiger partial charge on any atom is 0.418 e. The summed E-state index contributed by atoms with van der Waals surface area (Å²) in [7, 11) is 1.41. The fourth-order valence-corrected chi connectivity index (χ4v) is 5.68. The van der Waals surface area contributed by atoms with Gasteiger partial charge in [0.25, 0.3) is 5.91 Å². The summed E-state index contributed by atoms with van der Waals surface area (Å²) in [6.07, 6.45) is 0.195. The molecule has 2 aliphatic heterocycles. The van der Waals surface area contributed by atoms with Gasteiger partial charge in [-0.3, -0.25) is 9.59 Å². The number of rotatable bonds is 4. The van der Waals surface area contributed by atoms with Gasteiger partial charge in [0.2, 0.25) is 11.5 Å². The lowest BCUT2D eigenvalue weighted by atomic mass is 9.94. The number of amides is 5. The van der Waals surface area contributed by atoms with E-state index in [1.54, 1.807) is 6.92 Å². The fraction of sp³-hybridized carbons (Fsp3) is 0.385. The van der Waals surface area contributed by atoms with E-state index < -0.39 is 59.6 Å². The van der Waals surface area contributed by atoms with Crippen molar-refractivity contribution in [3.05, 3.63) is 64.5 Å². The summed E-state index contributed by atoms with van der Waals surface area (Å²) in [6.45, 7) is 1.15. The molecule has 5 rings (SSSR count). The standard InChI is InChI=1S/C26H25F3N4O5/c1-13-3-6-20(14-4-5-17(27)18(28)10-14)33(13)21(34)12-32-23(35)26(38-25(32)37)8-7-15-9-16(31-24(36)30-2)11-19(29)22(15)26/h4-5,9-11,13,20H,3,6-8,12H2,1-2H3,(H2,30,31,36)/t13-,20-,26?/m0/s1. The second-order valence-corrected chi connectivity index (χ2v) is 9.70. The minimum absolute atomic E-state index is 0.0183. The van der Waals surface area contributed by atoms with Crippen molar-refractivity contribution >= 4 is 29.6 Å². The Balaban J connectivity index is 1.39. The van der Waals surface area contributed by atoms with Crippen LogP contribution in [0.3, 0.4) is 0 Å². The molecule has 2 saturated heterocycles. The predicted molar refractivity (Wildman–Crippen MR) is 127 cm³/mol. The molecule has 2 aromatic rings. The quantitative estimate of drug-likeness (QED) is 0.627. The minimum Gasteiger partial charge on any atom is -0.427 e. The zero-order chi connectivity index (χ0) is 27.4. The van der Waals surface area contributed by atoms with Crippen LogP contribution >= 0.6 is 0 Å². The molecule has 0 saturated carbocycles. The molecule has 0 bridgehead atoms. The van der Waals surface area contributed by atoms with Gasteiger partial charge < -0.3 is 20.3 Å². The lowest BCUT2D eigenvalue weighted by Gasteiger charge is -2.30. The van der Waals surface area contributed by atoms with Gasteiger partial charge in [0.15, 0.2) is 11.6 Å². The summed E-state index contributed by atoms with van der Waals surface area (Å²) < 4.78 is 48.0. The molecule has 1 spiro atoms. The fourth-order valence-electron chi connectivity index (χ4n) is 5.68. The molecule has 3 aliphatic rings. The van der Waals surface area contributed by atoms with Crippen LogP contribution in [0.5, 0.6) is 0 Å².